The van der Waals surface area contributed by atoms with E-state index in [9.17, 15) is 14.7 Å². The highest BCUT2D eigenvalue weighted by atomic mass is 16.5. The third-order valence-electron chi connectivity index (χ3n) is 3.99. The van der Waals surface area contributed by atoms with Crippen LogP contribution in [0.1, 0.15) is 38.3 Å². The van der Waals surface area contributed by atoms with Crippen molar-refractivity contribution in [2.45, 2.75) is 32.7 Å². The predicted octanol–water partition coefficient (Wildman–Crippen LogP) is 2.75. The van der Waals surface area contributed by atoms with Crippen molar-refractivity contribution in [3.8, 4) is 5.75 Å². The summed E-state index contributed by atoms with van der Waals surface area (Å²) in [5.74, 6) is -1.23. The highest BCUT2D eigenvalue weighted by Crippen LogP contribution is 2.41. The van der Waals surface area contributed by atoms with Gasteiger partial charge in [-0.1, -0.05) is 31.5 Å². The molecule has 1 unspecified atom stereocenters. The van der Waals surface area contributed by atoms with Crippen LogP contribution in [0.25, 0.3) is 0 Å². The summed E-state index contributed by atoms with van der Waals surface area (Å²) in [4.78, 5) is 26.3. The van der Waals surface area contributed by atoms with E-state index < -0.39 is 23.7 Å². The van der Waals surface area contributed by atoms with E-state index in [1.54, 1.807) is 25.1 Å². The Hall–Kier alpha value is -2.50. The van der Waals surface area contributed by atoms with Gasteiger partial charge in [-0.25, -0.2) is 4.79 Å². The van der Waals surface area contributed by atoms with Crippen molar-refractivity contribution < 1.29 is 24.2 Å². The minimum absolute atomic E-state index is 0.0255. The largest absolute Gasteiger partial charge is 0.503 e. The van der Waals surface area contributed by atoms with Crippen LogP contribution < -0.4 is 4.74 Å². The molecular weight excluding hydrogens is 310 g/mol. The molecule has 1 heterocycles. The molecule has 0 saturated carbocycles. The van der Waals surface area contributed by atoms with Crippen LogP contribution in [0, 0.1) is 0 Å². The maximum absolute atomic E-state index is 12.5. The topological polar surface area (TPSA) is 76.1 Å². The first kappa shape index (κ1) is 17.8. The molecule has 0 saturated heterocycles. The van der Waals surface area contributed by atoms with Gasteiger partial charge >= 0.3 is 5.97 Å². The average molecular weight is 333 g/mol. The normalized spacial score (nSPS) is 17.4. The molecule has 1 aliphatic heterocycles. The number of para-hydroxylation sites is 1. The lowest BCUT2D eigenvalue weighted by Gasteiger charge is -2.27. The van der Waals surface area contributed by atoms with Gasteiger partial charge < -0.3 is 19.5 Å². The van der Waals surface area contributed by atoms with Crippen LogP contribution in [0.2, 0.25) is 0 Å². The maximum Gasteiger partial charge on any atom is 0.340 e. The number of carbonyl (C=O) groups excluding carboxylic acids is 2. The van der Waals surface area contributed by atoms with E-state index in [1.165, 1.54) is 12.0 Å². The van der Waals surface area contributed by atoms with Gasteiger partial charge in [-0.3, -0.25) is 4.79 Å². The number of rotatable bonds is 7. The molecule has 1 aromatic carbocycles. The second-order valence-corrected chi connectivity index (χ2v) is 5.48. The number of methoxy groups -OCH3 is 1. The molecule has 1 aliphatic rings. The van der Waals surface area contributed by atoms with Gasteiger partial charge in [-0.05, 0) is 19.4 Å². The lowest BCUT2D eigenvalue weighted by atomic mass is 9.98. The molecule has 2 rings (SSSR count). The van der Waals surface area contributed by atoms with Gasteiger partial charge in [0.05, 0.1) is 19.8 Å². The number of aliphatic hydroxyl groups is 1. The van der Waals surface area contributed by atoms with Gasteiger partial charge in [0, 0.05) is 12.1 Å². The maximum atomic E-state index is 12.5. The number of hydrogen-bond donors (Lipinski definition) is 1. The molecule has 1 aromatic rings. The number of carbonyl (C=O) groups is 2. The Morgan fingerprint density at radius 3 is 2.62 bits per heavy atom. The predicted molar refractivity (Wildman–Crippen MR) is 88.6 cm³/mol. The van der Waals surface area contributed by atoms with Crippen LogP contribution in [-0.4, -0.2) is 42.1 Å². The molecule has 1 atom stereocenters. The molecule has 24 heavy (non-hydrogen) atoms. The van der Waals surface area contributed by atoms with Gasteiger partial charge in [0.25, 0.3) is 5.91 Å². The van der Waals surface area contributed by atoms with Gasteiger partial charge in [0.2, 0.25) is 0 Å². The van der Waals surface area contributed by atoms with Crippen LogP contribution in [0.15, 0.2) is 35.6 Å². The van der Waals surface area contributed by atoms with E-state index >= 15 is 0 Å². The smallest absolute Gasteiger partial charge is 0.340 e. The van der Waals surface area contributed by atoms with Crippen molar-refractivity contribution in [3.05, 3.63) is 41.2 Å². The summed E-state index contributed by atoms with van der Waals surface area (Å²) in [5, 5.41) is 10.3. The summed E-state index contributed by atoms with van der Waals surface area (Å²) >= 11 is 0. The van der Waals surface area contributed by atoms with Crippen molar-refractivity contribution in [1.29, 1.82) is 0 Å². The zero-order valence-corrected chi connectivity index (χ0v) is 14.2. The average Bonchev–Trinajstić information content (AvgIpc) is 2.84. The van der Waals surface area contributed by atoms with Crippen molar-refractivity contribution in [3.63, 3.8) is 0 Å². The number of esters is 1. The van der Waals surface area contributed by atoms with E-state index in [1.807, 2.05) is 13.0 Å². The fourth-order valence-electron chi connectivity index (χ4n) is 2.85. The molecule has 6 nitrogen and oxygen atoms in total. The molecule has 1 N–H and O–H groups in total. The van der Waals surface area contributed by atoms with Crippen LogP contribution in [0.3, 0.4) is 0 Å². The van der Waals surface area contributed by atoms with Gasteiger partial charge in [-0.2, -0.15) is 0 Å². The third-order valence-corrected chi connectivity index (χ3v) is 3.99. The summed E-state index contributed by atoms with van der Waals surface area (Å²) in [5.41, 5.74) is 0.624. The van der Waals surface area contributed by atoms with E-state index in [0.717, 1.165) is 12.8 Å². The summed E-state index contributed by atoms with van der Waals surface area (Å²) < 4.78 is 10.4. The van der Waals surface area contributed by atoms with Crippen molar-refractivity contribution in [2.75, 3.05) is 20.3 Å². The standard InChI is InChI=1S/C18H23NO5/c1-4-6-11-19-15(12-9-7-8-10-13(12)23-3)14(16(20)17(19)21)18(22)24-5-2/h7-10,15,20H,4-6,11H2,1-3H3. The van der Waals surface area contributed by atoms with Gasteiger partial charge in [0.15, 0.2) is 5.76 Å². The quantitative estimate of drug-likeness (QED) is 0.777. The highest BCUT2D eigenvalue weighted by molar-refractivity contribution is 6.06. The number of amides is 1. The van der Waals surface area contributed by atoms with E-state index in [2.05, 4.69) is 0 Å². The summed E-state index contributed by atoms with van der Waals surface area (Å²) in [6.45, 7) is 4.29. The van der Waals surface area contributed by atoms with Crippen molar-refractivity contribution in [1.82, 2.24) is 4.90 Å². The molecule has 0 spiro atoms. The minimum atomic E-state index is -0.709. The Labute approximate surface area is 141 Å². The first-order chi connectivity index (χ1) is 11.6. The molecule has 0 aromatic heterocycles. The highest BCUT2D eigenvalue weighted by Gasteiger charge is 2.45. The Balaban J connectivity index is 2.53. The third kappa shape index (κ3) is 3.22. The summed E-state index contributed by atoms with van der Waals surface area (Å²) in [7, 11) is 1.53. The Morgan fingerprint density at radius 2 is 2.00 bits per heavy atom. The SMILES string of the molecule is CCCCN1C(=O)C(O)=C(C(=O)OCC)C1c1ccccc1OC. The van der Waals surface area contributed by atoms with Crippen LogP contribution in [-0.2, 0) is 14.3 Å². The molecule has 0 bridgehead atoms. The molecule has 0 radical (unpaired) electrons. The first-order valence-electron chi connectivity index (χ1n) is 8.10. The molecule has 130 valence electrons. The Bertz CT molecular complexity index is 653. The van der Waals surface area contributed by atoms with Crippen LogP contribution >= 0.6 is 0 Å². The lowest BCUT2D eigenvalue weighted by Crippen LogP contribution is -2.32. The molecular formula is C18H23NO5. The van der Waals surface area contributed by atoms with Gasteiger partial charge in [-0.15, -0.1) is 0 Å². The number of aliphatic hydroxyl groups excluding tert-OH is 1. The van der Waals surface area contributed by atoms with Crippen molar-refractivity contribution >= 4 is 11.9 Å². The van der Waals surface area contributed by atoms with E-state index in [0.29, 0.717) is 17.9 Å². The van der Waals surface area contributed by atoms with Crippen molar-refractivity contribution in [2.24, 2.45) is 0 Å². The molecule has 6 heteroatoms. The minimum Gasteiger partial charge on any atom is -0.503 e. The zero-order valence-electron chi connectivity index (χ0n) is 14.2. The summed E-state index contributed by atoms with van der Waals surface area (Å²) in [6, 6.07) is 6.45. The lowest BCUT2D eigenvalue weighted by molar-refractivity contribution is -0.139. The zero-order chi connectivity index (χ0) is 17.7. The fraction of sp³-hybridized carbons (Fsp3) is 0.444. The number of ether oxygens (including phenoxy) is 2. The number of hydrogen-bond acceptors (Lipinski definition) is 5. The summed E-state index contributed by atoms with van der Waals surface area (Å²) in [6.07, 6.45) is 1.65. The Morgan fingerprint density at radius 1 is 1.29 bits per heavy atom. The van der Waals surface area contributed by atoms with Crippen LogP contribution in [0.4, 0.5) is 0 Å². The van der Waals surface area contributed by atoms with Gasteiger partial charge in [0.1, 0.15) is 11.3 Å². The second kappa shape index (κ2) is 7.86. The molecule has 1 amide bonds. The van der Waals surface area contributed by atoms with E-state index in [-0.39, 0.29) is 12.2 Å². The van der Waals surface area contributed by atoms with E-state index in [4.69, 9.17) is 9.47 Å². The second-order valence-electron chi connectivity index (χ2n) is 5.48. The fourth-order valence-corrected chi connectivity index (χ4v) is 2.85. The first-order valence-corrected chi connectivity index (χ1v) is 8.10. The molecule has 0 fully saturated rings. The monoisotopic (exact) mass is 333 g/mol. The Kier molecular flexibility index (Phi) is 5.84. The van der Waals surface area contributed by atoms with Crippen LogP contribution in [0.5, 0.6) is 5.75 Å². The molecule has 0 aliphatic carbocycles. The number of benzene rings is 1. The number of nitrogens with zero attached hydrogens (tertiary/aromatic N) is 1. The number of unbranched alkanes of at least 4 members (excludes halogenated alkanes) is 1.